The molecule has 1 atom stereocenters. The standard InChI is InChI=1S/C23H22N2O/c1-17-8-14-22(24-16-17)21-12-9-19(10-13-21)11-15-23(26)25-18(2)20-6-4-3-5-7-20/h3-16,18H,1-2H3,(H,25,26)/b15-11+. The summed E-state index contributed by atoms with van der Waals surface area (Å²) in [6.45, 7) is 4.00. The molecule has 0 bridgehead atoms. The molecule has 0 saturated carbocycles. The van der Waals surface area contributed by atoms with E-state index in [4.69, 9.17) is 0 Å². The van der Waals surface area contributed by atoms with Gasteiger partial charge in [-0.05, 0) is 42.7 Å². The summed E-state index contributed by atoms with van der Waals surface area (Å²) < 4.78 is 0. The van der Waals surface area contributed by atoms with Crippen LogP contribution in [0.25, 0.3) is 17.3 Å². The third-order valence-corrected chi connectivity index (χ3v) is 4.20. The molecule has 3 heteroatoms. The highest BCUT2D eigenvalue weighted by atomic mass is 16.1. The van der Waals surface area contributed by atoms with E-state index in [0.29, 0.717) is 0 Å². The molecule has 0 aliphatic carbocycles. The summed E-state index contributed by atoms with van der Waals surface area (Å²) in [6.07, 6.45) is 5.25. The van der Waals surface area contributed by atoms with Gasteiger partial charge < -0.3 is 5.32 Å². The predicted molar refractivity (Wildman–Crippen MR) is 106 cm³/mol. The SMILES string of the molecule is Cc1ccc(-c2ccc(/C=C/C(=O)NC(C)c3ccccc3)cc2)nc1. The number of benzene rings is 2. The van der Waals surface area contributed by atoms with Crippen LogP contribution in [0, 0.1) is 6.92 Å². The third kappa shape index (κ3) is 4.67. The Balaban J connectivity index is 1.61. The van der Waals surface area contributed by atoms with E-state index in [0.717, 1.165) is 27.9 Å². The van der Waals surface area contributed by atoms with E-state index in [-0.39, 0.29) is 11.9 Å². The minimum absolute atomic E-state index is 0.0247. The first-order chi connectivity index (χ1) is 12.6. The van der Waals surface area contributed by atoms with Gasteiger partial charge in [0.2, 0.25) is 5.91 Å². The summed E-state index contributed by atoms with van der Waals surface area (Å²) in [4.78, 5) is 16.5. The Morgan fingerprint density at radius 2 is 1.73 bits per heavy atom. The zero-order chi connectivity index (χ0) is 18.4. The Kier molecular flexibility index (Phi) is 5.59. The number of nitrogens with one attached hydrogen (secondary N) is 1. The highest BCUT2D eigenvalue weighted by Gasteiger charge is 2.06. The number of aryl methyl sites for hydroxylation is 1. The number of pyridine rings is 1. The van der Waals surface area contributed by atoms with Crippen LogP contribution < -0.4 is 5.32 Å². The van der Waals surface area contributed by atoms with Crippen molar-refractivity contribution >= 4 is 12.0 Å². The second kappa shape index (κ2) is 8.26. The number of nitrogens with zero attached hydrogens (tertiary/aromatic N) is 1. The van der Waals surface area contributed by atoms with Crippen LogP contribution >= 0.6 is 0 Å². The lowest BCUT2D eigenvalue weighted by Gasteiger charge is -2.12. The first-order valence-electron chi connectivity index (χ1n) is 8.68. The van der Waals surface area contributed by atoms with Crippen molar-refractivity contribution in [3.8, 4) is 11.3 Å². The largest absolute Gasteiger partial charge is 0.346 e. The molecule has 0 spiro atoms. The van der Waals surface area contributed by atoms with Crippen molar-refractivity contribution in [2.75, 3.05) is 0 Å². The second-order valence-corrected chi connectivity index (χ2v) is 6.32. The van der Waals surface area contributed by atoms with E-state index >= 15 is 0 Å². The second-order valence-electron chi connectivity index (χ2n) is 6.32. The highest BCUT2D eigenvalue weighted by molar-refractivity contribution is 5.92. The molecule has 1 aromatic heterocycles. The van der Waals surface area contributed by atoms with Crippen LogP contribution in [0.5, 0.6) is 0 Å². The molecule has 0 saturated heterocycles. The van der Waals surface area contributed by atoms with E-state index in [1.54, 1.807) is 6.08 Å². The summed E-state index contributed by atoms with van der Waals surface area (Å²) in [5, 5.41) is 2.97. The topological polar surface area (TPSA) is 42.0 Å². The fraction of sp³-hybridized carbons (Fsp3) is 0.130. The molecular weight excluding hydrogens is 320 g/mol. The molecule has 26 heavy (non-hydrogen) atoms. The summed E-state index contributed by atoms with van der Waals surface area (Å²) in [6, 6.07) is 22.0. The van der Waals surface area contributed by atoms with Gasteiger partial charge in [-0.1, -0.05) is 60.7 Å². The summed E-state index contributed by atoms with van der Waals surface area (Å²) >= 11 is 0. The van der Waals surface area contributed by atoms with Crippen LogP contribution in [0.4, 0.5) is 0 Å². The van der Waals surface area contributed by atoms with E-state index in [9.17, 15) is 4.79 Å². The maximum Gasteiger partial charge on any atom is 0.244 e. The van der Waals surface area contributed by atoms with Crippen molar-refractivity contribution in [2.24, 2.45) is 0 Å². The fourth-order valence-corrected chi connectivity index (χ4v) is 2.66. The van der Waals surface area contributed by atoms with Crippen LogP contribution in [-0.2, 0) is 4.79 Å². The van der Waals surface area contributed by atoms with Crippen LogP contribution in [0.15, 0.2) is 79.0 Å². The van der Waals surface area contributed by atoms with Crippen molar-refractivity contribution in [3.05, 3.63) is 95.7 Å². The van der Waals surface area contributed by atoms with Crippen molar-refractivity contribution in [3.63, 3.8) is 0 Å². The molecule has 0 radical (unpaired) electrons. The van der Waals surface area contributed by atoms with Gasteiger partial charge in [-0.15, -0.1) is 0 Å². The summed E-state index contributed by atoms with van der Waals surface area (Å²) in [7, 11) is 0. The van der Waals surface area contributed by atoms with Crippen LogP contribution in [0.3, 0.4) is 0 Å². The monoisotopic (exact) mass is 342 g/mol. The Morgan fingerprint density at radius 3 is 2.38 bits per heavy atom. The molecule has 0 aliphatic rings. The van der Waals surface area contributed by atoms with Crippen LogP contribution in [0.2, 0.25) is 0 Å². The molecule has 3 nitrogen and oxygen atoms in total. The van der Waals surface area contributed by atoms with Crippen LogP contribution in [-0.4, -0.2) is 10.9 Å². The average Bonchev–Trinajstić information content (AvgIpc) is 2.68. The van der Waals surface area contributed by atoms with Crippen molar-refractivity contribution < 1.29 is 4.79 Å². The smallest absolute Gasteiger partial charge is 0.244 e. The van der Waals surface area contributed by atoms with Gasteiger partial charge in [0, 0.05) is 17.8 Å². The van der Waals surface area contributed by atoms with Gasteiger partial charge in [0.05, 0.1) is 11.7 Å². The van der Waals surface area contributed by atoms with Crippen molar-refractivity contribution in [2.45, 2.75) is 19.9 Å². The third-order valence-electron chi connectivity index (χ3n) is 4.20. The molecule has 1 N–H and O–H groups in total. The van der Waals surface area contributed by atoms with Gasteiger partial charge in [0.25, 0.3) is 0 Å². The van der Waals surface area contributed by atoms with Gasteiger partial charge in [-0.2, -0.15) is 0 Å². The number of carbonyl (C=O) groups is 1. The van der Waals surface area contributed by atoms with Crippen molar-refractivity contribution in [1.29, 1.82) is 0 Å². The van der Waals surface area contributed by atoms with Crippen LogP contribution in [0.1, 0.15) is 29.7 Å². The van der Waals surface area contributed by atoms with Gasteiger partial charge in [-0.3, -0.25) is 9.78 Å². The Hall–Kier alpha value is -3.20. The van der Waals surface area contributed by atoms with E-state index in [1.807, 2.05) is 92.9 Å². The molecule has 1 amide bonds. The fourth-order valence-electron chi connectivity index (χ4n) is 2.66. The Morgan fingerprint density at radius 1 is 1.00 bits per heavy atom. The number of amides is 1. The predicted octanol–water partition coefficient (Wildman–Crippen LogP) is 4.95. The molecular formula is C23H22N2O. The van der Waals surface area contributed by atoms with Gasteiger partial charge in [-0.25, -0.2) is 0 Å². The summed E-state index contributed by atoms with van der Waals surface area (Å²) in [5.41, 5.74) is 5.21. The molecule has 2 aromatic carbocycles. The number of carbonyl (C=O) groups excluding carboxylic acids is 1. The maximum absolute atomic E-state index is 12.1. The van der Waals surface area contributed by atoms with Gasteiger partial charge in [0.15, 0.2) is 0 Å². The molecule has 130 valence electrons. The number of hydrogen-bond donors (Lipinski definition) is 1. The quantitative estimate of drug-likeness (QED) is 0.667. The first kappa shape index (κ1) is 17.6. The lowest BCUT2D eigenvalue weighted by atomic mass is 10.1. The molecule has 3 rings (SSSR count). The Labute approximate surface area is 154 Å². The molecule has 3 aromatic rings. The molecule has 0 aliphatic heterocycles. The highest BCUT2D eigenvalue weighted by Crippen LogP contribution is 2.18. The van der Waals surface area contributed by atoms with E-state index in [2.05, 4.69) is 10.3 Å². The zero-order valence-corrected chi connectivity index (χ0v) is 15.0. The molecule has 1 unspecified atom stereocenters. The minimum Gasteiger partial charge on any atom is -0.346 e. The van der Waals surface area contributed by atoms with Gasteiger partial charge >= 0.3 is 0 Å². The Bertz CT molecular complexity index is 882. The molecule has 0 fully saturated rings. The normalized spacial score (nSPS) is 12.1. The first-order valence-corrected chi connectivity index (χ1v) is 8.68. The lowest BCUT2D eigenvalue weighted by molar-refractivity contribution is -0.117. The van der Waals surface area contributed by atoms with E-state index in [1.165, 1.54) is 0 Å². The number of hydrogen-bond acceptors (Lipinski definition) is 2. The number of rotatable bonds is 5. The molecule has 1 heterocycles. The average molecular weight is 342 g/mol. The number of aromatic nitrogens is 1. The minimum atomic E-state index is -0.106. The maximum atomic E-state index is 12.1. The van der Waals surface area contributed by atoms with E-state index < -0.39 is 0 Å². The van der Waals surface area contributed by atoms with Gasteiger partial charge in [0.1, 0.15) is 0 Å². The van der Waals surface area contributed by atoms with Crippen molar-refractivity contribution in [1.82, 2.24) is 10.3 Å². The summed E-state index contributed by atoms with van der Waals surface area (Å²) in [5.74, 6) is -0.106. The zero-order valence-electron chi connectivity index (χ0n) is 15.0. The lowest BCUT2D eigenvalue weighted by Crippen LogP contribution is -2.24.